The zero-order valence-corrected chi connectivity index (χ0v) is 9.65. The molecule has 18 heavy (non-hydrogen) atoms. The van der Waals surface area contributed by atoms with E-state index in [2.05, 4.69) is 9.47 Å². The molecule has 96 valence electrons. The largest absolute Gasteiger partial charge is 0.465 e. The molecular weight excluding hydrogens is 244 g/mol. The summed E-state index contributed by atoms with van der Waals surface area (Å²) in [6.45, 7) is -2.99. The highest BCUT2D eigenvalue weighted by atomic mass is 19.3. The summed E-state index contributed by atoms with van der Waals surface area (Å²) in [5, 5.41) is 8.53. The van der Waals surface area contributed by atoms with Crippen molar-refractivity contribution in [3.63, 3.8) is 0 Å². The van der Waals surface area contributed by atoms with Gasteiger partial charge in [0.1, 0.15) is 5.75 Å². The SMILES string of the molecule is COC(=O)c1cccc(OC(F)F)c1CCC#N. The van der Waals surface area contributed by atoms with Gasteiger partial charge >= 0.3 is 12.6 Å². The second-order valence-corrected chi connectivity index (χ2v) is 3.31. The van der Waals surface area contributed by atoms with Crippen molar-refractivity contribution >= 4 is 5.97 Å². The monoisotopic (exact) mass is 255 g/mol. The fraction of sp³-hybridized carbons (Fsp3) is 0.333. The Balaban J connectivity index is 3.17. The summed E-state index contributed by atoms with van der Waals surface area (Å²) < 4.78 is 33.3. The van der Waals surface area contributed by atoms with E-state index in [1.54, 1.807) is 0 Å². The van der Waals surface area contributed by atoms with Gasteiger partial charge in [-0.05, 0) is 18.6 Å². The van der Waals surface area contributed by atoms with Crippen LogP contribution >= 0.6 is 0 Å². The number of esters is 1. The molecular formula is C12H11F2NO3. The van der Waals surface area contributed by atoms with Gasteiger partial charge in [0.05, 0.1) is 18.7 Å². The molecule has 4 nitrogen and oxygen atoms in total. The number of carbonyl (C=O) groups is 1. The van der Waals surface area contributed by atoms with Crippen molar-refractivity contribution in [2.24, 2.45) is 0 Å². The molecule has 0 aliphatic rings. The molecule has 0 amide bonds. The molecule has 0 fully saturated rings. The maximum absolute atomic E-state index is 12.2. The van der Waals surface area contributed by atoms with Gasteiger partial charge < -0.3 is 9.47 Å². The van der Waals surface area contributed by atoms with Gasteiger partial charge in [-0.25, -0.2) is 4.79 Å². The number of alkyl halides is 2. The van der Waals surface area contributed by atoms with E-state index in [1.807, 2.05) is 6.07 Å². The Bertz CT molecular complexity index is 469. The number of rotatable bonds is 5. The van der Waals surface area contributed by atoms with Crippen molar-refractivity contribution in [3.8, 4) is 11.8 Å². The van der Waals surface area contributed by atoms with Gasteiger partial charge in [-0.3, -0.25) is 0 Å². The first-order chi connectivity index (χ1) is 8.60. The van der Waals surface area contributed by atoms with Crippen LogP contribution in [0, 0.1) is 11.3 Å². The Morgan fingerprint density at radius 1 is 1.50 bits per heavy atom. The van der Waals surface area contributed by atoms with E-state index in [1.165, 1.54) is 25.3 Å². The van der Waals surface area contributed by atoms with Crippen molar-refractivity contribution in [1.82, 2.24) is 0 Å². The molecule has 0 aromatic heterocycles. The average Bonchev–Trinajstić information content (AvgIpc) is 2.35. The highest BCUT2D eigenvalue weighted by Crippen LogP contribution is 2.26. The van der Waals surface area contributed by atoms with Crippen molar-refractivity contribution < 1.29 is 23.0 Å². The van der Waals surface area contributed by atoms with Crippen LogP contribution in [0.25, 0.3) is 0 Å². The second-order valence-electron chi connectivity index (χ2n) is 3.31. The lowest BCUT2D eigenvalue weighted by Crippen LogP contribution is -2.10. The van der Waals surface area contributed by atoms with Crippen LogP contribution in [0.5, 0.6) is 5.75 Å². The van der Waals surface area contributed by atoms with Crippen LogP contribution in [0.15, 0.2) is 18.2 Å². The third-order valence-electron chi connectivity index (χ3n) is 2.24. The number of nitrogens with zero attached hydrogens (tertiary/aromatic N) is 1. The highest BCUT2D eigenvalue weighted by molar-refractivity contribution is 5.91. The summed E-state index contributed by atoms with van der Waals surface area (Å²) >= 11 is 0. The van der Waals surface area contributed by atoms with E-state index in [-0.39, 0.29) is 29.7 Å². The third-order valence-corrected chi connectivity index (χ3v) is 2.24. The van der Waals surface area contributed by atoms with E-state index in [9.17, 15) is 13.6 Å². The Morgan fingerprint density at radius 3 is 2.78 bits per heavy atom. The fourth-order valence-electron chi connectivity index (χ4n) is 1.51. The van der Waals surface area contributed by atoms with E-state index >= 15 is 0 Å². The van der Waals surface area contributed by atoms with Crippen LogP contribution in [-0.2, 0) is 11.2 Å². The first-order valence-electron chi connectivity index (χ1n) is 5.12. The maximum Gasteiger partial charge on any atom is 0.387 e. The number of halogens is 2. The molecule has 0 aliphatic heterocycles. The molecule has 6 heteroatoms. The maximum atomic E-state index is 12.2. The van der Waals surface area contributed by atoms with Crippen LogP contribution in [0.1, 0.15) is 22.3 Å². The fourth-order valence-corrected chi connectivity index (χ4v) is 1.51. The Labute approximate surface area is 103 Å². The van der Waals surface area contributed by atoms with Crippen LogP contribution in [0.4, 0.5) is 8.78 Å². The number of benzene rings is 1. The van der Waals surface area contributed by atoms with Gasteiger partial charge in [0.2, 0.25) is 0 Å². The van der Waals surface area contributed by atoms with Gasteiger partial charge in [0, 0.05) is 12.0 Å². The van der Waals surface area contributed by atoms with Crippen molar-refractivity contribution in [2.45, 2.75) is 19.5 Å². The molecule has 0 heterocycles. The number of nitriles is 1. The minimum Gasteiger partial charge on any atom is -0.465 e. The first kappa shape index (κ1) is 13.9. The number of hydrogen-bond donors (Lipinski definition) is 0. The van der Waals surface area contributed by atoms with E-state index in [0.717, 1.165) is 0 Å². The molecule has 0 saturated heterocycles. The quantitative estimate of drug-likeness (QED) is 0.758. The minimum atomic E-state index is -2.99. The van der Waals surface area contributed by atoms with Crippen molar-refractivity contribution in [3.05, 3.63) is 29.3 Å². The third kappa shape index (κ3) is 3.42. The predicted octanol–water partition coefficient (Wildman–Crippen LogP) is 2.53. The average molecular weight is 255 g/mol. The van der Waals surface area contributed by atoms with Crippen molar-refractivity contribution in [1.29, 1.82) is 5.26 Å². The minimum absolute atomic E-state index is 0.0909. The van der Waals surface area contributed by atoms with E-state index in [0.29, 0.717) is 0 Å². The lowest BCUT2D eigenvalue weighted by molar-refractivity contribution is -0.0505. The lowest BCUT2D eigenvalue weighted by Gasteiger charge is -2.13. The van der Waals surface area contributed by atoms with Gasteiger partial charge in [0.15, 0.2) is 0 Å². The number of hydrogen-bond acceptors (Lipinski definition) is 4. The molecule has 1 aromatic carbocycles. The van der Waals surface area contributed by atoms with Gasteiger partial charge in [0.25, 0.3) is 0 Å². The van der Waals surface area contributed by atoms with Crippen LogP contribution < -0.4 is 4.74 Å². The van der Waals surface area contributed by atoms with E-state index in [4.69, 9.17) is 5.26 Å². The normalized spacial score (nSPS) is 9.94. The van der Waals surface area contributed by atoms with E-state index < -0.39 is 12.6 Å². The summed E-state index contributed by atoms with van der Waals surface area (Å²) in [6, 6.07) is 6.07. The zero-order valence-electron chi connectivity index (χ0n) is 9.65. The summed E-state index contributed by atoms with van der Waals surface area (Å²) in [6.07, 6.45) is 0.234. The van der Waals surface area contributed by atoms with Crippen LogP contribution in [0.2, 0.25) is 0 Å². The first-order valence-corrected chi connectivity index (χ1v) is 5.12. The Kier molecular flexibility index (Phi) is 5.06. The van der Waals surface area contributed by atoms with Crippen LogP contribution in [0.3, 0.4) is 0 Å². The molecule has 0 saturated carbocycles. The molecule has 0 atom stereocenters. The zero-order chi connectivity index (χ0) is 13.5. The predicted molar refractivity (Wildman–Crippen MR) is 58.3 cm³/mol. The van der Waals surface area contributed by atoms with Gasteiger partial charge in [-0.2, -0.15) is 14.0 Å². The molecule has 1 rings (SSSR count). The molecule has 0 radical (unpaired) electrons. The molecule has 1 aromatic rings. The molecule has 0 unspecified atom stereocenters. The highest BCUT2D eigenvalue weighted by Gasteiger charge is 2.18. The summed E-state index contributed by atoms with van der Waals surface area (Å²) in [5.41, 5.74) is 0.386. The number of methoxy groups -OCH3 is 1. The number of carbonyl (C=O) groups excluding carboxylic acids is 1. The molecule has 0 N–H and O–H groups in total. The van der Waals surface area contributed by atoms with Gasteiger partial charge in [-0.15, -0.1) is 0 Å². The Hall–Kier alpha value is -2.16. The standard InChI is InChI=1S/C12H11F2NO3/c1-17-11(16)9-4-2-6-10(18-12(13)14)8(9)5-3-7-15/h2,4,6,12H,3,5H2,1H3. The smallest absolute Gasteiger partial charge is 0.387 e. The Morgan fingerprint density at radius 2 is 2.22 bits per heavy atom. The summed E-state index contributed by atoms with van der Waals surface area (Å²) in [5.74, 6) is -0.759. The molecule has 0 aliphatic carbocycles. The van der Waals surface area contributed by atoms with Crippen molar-refractivity contribution in [2.75, 3.05) is 7.11 Å². The molecule has 0 spiro atoms. The van der Waals surface area contributed by atoms with Crippen LogP contribution in [-0.4, -0.2) is 19.7 Å². The molecule has 0 bridgehead atoms. The van der Waals surface area contributed by atoms with Gasteiger partial charge in [-0.1, -0.05) is 6.07 Å². The summed E-state index contributed by atoms with van der Waals surface area (Å²) in [7, 11) is 1.19. The lowest BCUT2D eigenvalue weighted by atomic mass is 10.0. The topological polar surface area (TPSA) is 59.3 Å². The second kappa shape index (κ2) is 6.55. The summed E-state index contributed by atoms with van der Waals surface area (Å²) in [4.78, 5) is 11.5. The number of ether oxygens (including phenoxy) is 2.